The molecule has 0 radical (unpaired) electrons. The van der Waals surface area contributed by atoms with Crippen LogP contribution in [0, 0.1) is 6.28 Å². The van der Waals surface area contributed by atoms with Gasteiger partial charge >= 0.3 is 17.1 Å². The van der Waals surface area contributed by atoms with Crippen molar-refractivity contribution >= 4 is 120 Å². The minimum Gasteiger partial charge on any atom is -0.429 e. The van der Waals surface area contributed by atoms with Gasteiger partial charge in [-0.2, -0.15) is 0 Å². The Balaban J connectivity index is 0.000000284. The van der Waals surface area contributed by atoms with Crippen LogP contribution in [0.3, 0.4) is 0 Å². The van der Waals surface area contributed by atoms with Gasteiger partial charge in [-0.25, -0.2) is 0 Å². The smallest absolute Gasteiger partial charge is 0.429 e. The van der Waals surface area contributed by atoms with Crippen LogP contribution in [0.25, 0.3) is 0 Å². The topological polar surface area (TPSA) is 0 Å². The molecular formula is C6FeS10. The van der Waals surface area contributed by atoms with Gasteiger partial charge in [-0.05, 0) is 6.28 Å². The van der Waals surface area contributed by atoms with E-state index >= 15 is 0 Å². The molecule has 92 valence electrons. The second-order valence-corrected chi connectivity index (χ2v) is 11.2. The molecule has 0 nitrogen and oxygen atoms in total. The third-order valence-electron chi connectivity index (χ3n) is 1.04. The summed E-state index contributed by atoms with van der Waals surface area (Å²) in [6.45, 7) is 0. The van der Waals surface area contributed by atoms with Crippen LogP contribution in [0.2, 0.25) is 0 Å². The Morgan fingerprint density at radius 2 is 0.765 bits per heavy atom. The van der Waals surface area contributed by atoms with Crippen molar-refractivity contribution in [2.24, 2.45) is 0 Å². The largest absolute Gasteiger partial charge is 4.00 e. The Labute approximate surface area is 158 Å². The summed E-state index contributed by atoms with van der Waals surface area (Å²) >= 11 is 34.6. The fourth-order valence-corrected chi connectivity index (χ4v) is 7.05. The van der Waals surface area contributed by atoms with Crippen molar-refractivity contribution in [1.29, 1.82) is 0 Å². The summed E-state index contributed by atoms with van der Waals surface area (Å²) < 4.78 is 4.70. The molecule has 2 aromatic heterocycles. The second-order valence-electron chi connectivity index (χ2n) is 2.06. The van der Waals surface area contributed by atoms with Crippen LogP contribution < -0.4 is 0 Å². The summed E-state index contributed by atoms with van der Waals surface area (Å²) in [5.41, 5.74) is 0. The minimum absolute atomic E-state index is 0. The maximum absolute atomic E-state index is 4.83. The van der Waals surface area contributed by atoms with E-state index in [4.69, 9.17) is 75.0 Å². The van der Waals surface area contributed by atoms with E-state index in [1.165, 1.54) is 45.3 Å². The van der Waals surface area contributed by atoms with E-state index in [1.807, 2.05) is 0 Å². The molecule has 2 heterocycles. The Morgan fingerprint density at radius 1 is 0.588 bits per heavy atom. The average molecular weight is 449 g/mol. The molecule has 0 atom stereocenters. The maximum atomic E-state index is 4.83. The predicted molar refractivity (Wildman–Crippen MR) is 88.6 cm³/mol. The van der Waals surface area contributed by atoms with Crippen LogP contribution >= 0.6 is 69.8 Å². The minimum atomic E-state index is 0. The zero-order chi connectivity index (χ0) is 12.3. The fourth-order valence-electron chi connectivity index (χ4n) is 0.511. The molecule has 0 saturated heterocycles. The normalized spacial score (nSPS) is 8.94. The molecule has 2 rings (SSSR count). The molecule has 0 spiro atoms. The summed E-state index contributed by atoms with van der Waals surface area (Å²) in [6, 6.07) is 0. The monoisotopic (exact) mass is 448 g/mol. The Hall–Kier alpha value is 1.94. The molecular weight excluding hydrogens is 449 g/mol. The molecule has 0 amide bonds. The van der Waals surface area contributed by atoms with Gasteiger partial charge in [0.25, 0.3) is 0 Å². The maximum Gasteiger partial charge on any atom is 4.00 e. The number of hydrogen-bond donors (Lipinski definition) is 0. The molecule has 0 fully saturated rings. The SMILES string of the molecule is S=c1sc([S-])c([S-])s1.S=c1sc([S-])c([S-])s1.[Fe+4]. The van der Waals surface area contributed by atoms with Crippen molar-refractivity contribution < 1.29 is 17.1 Å². The molecule has 0 N–H and O–H groups in total. The standard InChI is InChI=1S/2C3H2S5.Fe/c2*4-1-2(5)8-3(6)7-1;/h2*4-5H;/q;;+4/p-4. The van der Waals surface area contributed by atoms with Gasteiger partial charge in [0.15, 0.2) is 0 Å². The molecule has 0 aromatic carbocycles. The molecule has 0 aliphatic carbocycles. The quantitative estimate of drug-likeness (QED) is 0.323. The Morgan fingerprint density at radius 3 is 0.824 bits per heavy atom. The summed E-state index contributed by atoms with van der Waals surface area (Å²) in [6.07, 6.45) is 0. The van der Waals surface area contributed by atoms with E-state index in [0.717, 1.165) is 23.1 Å². The first-order chi connectivity index (χ1) is 7.40. The summed E-state index contributed by atoms with van der Waals surface area (Å²) in [5, 5.41) is 0. The molecule has 2 aromatic rings. The third kappa shape index (κ3) is 6.77. The van der Waals surface area contributed by atoms with Crippen LogP contribution in [0.5, 0.6) is 0 Å². The van der Waals surface area contributed by atoms with E-state index in [2.05, 4.69) is 0 Å². The third-order valence-corrected chi connectivity index (χ3v) is 8.11. The van der Waals surface area contributed by atoms with Crippen LogP contribution in [0.15, 0.2) is 16.8 Å². The van der Waals surface area contributed by atoms with E-state index < -0.39 is 0 Å². The van der Waals surface area contributed by atoms with Crippen molar-refractivity contribution in [3.63, 3.8) is 0 Å². The van der Waals surface area contributed by atoms with Crippen molar-refractivity contribution in [2.75, 3.05) is 0 Å². The fraction of sp³-hybridized carbons (Fsp3) is 0. The van der Waals surface area contributed by atoms with Crippen molar-refractivity contribution in [3.05, 3.63) is 6.28 Å². The predicted octanol–water partition coefficient (Wildman–Crippen LogP) is 4.70. The molecule has 0 aliphatic heterocycles. The van der Waals surface area contributed by atoms with E-state index in [0.29, 0.717) is 0 Å². The molecule has 0 aliphatic rings. The average Bonchev–Trinajstić information content (AvgIpc) is 2.58. The number of hydrogen-bond acceptors (Lipinski definition) is 10. The van der Waals surface area contributed by atoms with Crippen molar-refractivity contribution in [2.45, 2.75) is 16.8 Å². The van der Waals surface area contributed by atoms with Gasteiger partial charge in [-0.1, -0.05) is 0 Å². The van der Waals surface area contributed by atoms with Crippen LogP contribution in [0.1, 0.15) is 0 Å². The summed E-state index contributed by atoms with van der Waals surface area (Å²) in [5.74, 6) is 0. The van der Waals surface area contributed by atoms with E-state index in [-0.39, 0.29) is 17.1 Å². The van der Waals surface area contributed by atoms with Crippen molar-refractivity contribution in [3.8, 4) is 0 Å². The van der Waals surface area contributed by atoms with Gasteiger partial charge in [0.2, 0.25) is 0 Å². The number of rotatable bonds is 0. The molecule has 0 bridgehead atoms. The molecule has 17 heavy (non-hydrogen) atoms. The Bertz CT molecular complexity index is 473. The van der Waals surface area contributed by atoms with Gasteiger partial charge in [0, 0.05) is 0 Å². The van der Waals surface area contributed by atoms with Crippen LogP contribution in [0.4, 0.5) is 0 Å². The first kappa shape index (κ1) is 18.9. The first-order valence-corrected chi connectivity index (χ1v) is 9.07. The van der Waals surface area contributed by atoms with E-state index in [1.54, 1.807) is 0 Å². The van der Waals surface area contributed by atoms with Gasteiger partial charge in [0.1, 0.15) is 0 Å². The summed E-state index contributed by atoms with van der Waals surface area (Å²) in [7, 11) is 0. The first-order valence-electron chi connectivity index (χ1n) is 3.36. The van der Waals surface area contributed by atoms with Gasteiger partial charge < -0.3 is 95.9 Å². The molecule has 0 unspecified atom stereocenters. The summed E-state index contributed by atoms with van der Waals surface area (Å²) in [4.78, 5) is 0. The van der Waals surface area contributed by atoms with Gasteiger partial charge in [0.05, 0.1) is 0 Å². The van der Waals surface area contributed by atoms with Crippen molar-refractivity contribution in [1.82, 2.24) is 0 Å². The molecule has 0 saturated carbocycles. The zero-order valence-electron chi connectivity index (χ0n) is 7.44. The molecule has 11 heteroatoms. The second kappa shape index (κ2) is 8.98. The Kier molecular flexibility index (Phi) is 10.0. The van der Waals surface area contributed by atoms with Crippen LogP contribution in [-0.4, -0.2) is 0 Å². The van der Waals surface area contributed by atoms with E-state index in [9.17, 15) is 0 Å². The van der Waals surface area contributed by atoms with Crippen LogP contribution in [-0.2, 0) is 67.6 Å². The van der Waals surface area contributed by atoms with Gasteiger partial charge in [-0.15, -0.1) is 41.3 Å². The zero-order valence-corrected chi connectivity index (χ0v) is 16.7. The van der Waals surface area contributed by atoms with Gasteiger partial charge in [-0.3, -0.25) is 0 Å².